The number of nitrogens with one attached hydrogen (secondary N) is 2. The lowest BCUT2D eigenvalue weighted by Crippen LogP contribution is -2.39. The van der Waals surface area contributed by atoms with Gasteiger partial charge in [-0.1, -0.05) is 30.7 Å². The third-order valence-electron chi connectivity index (χ3n) is 3.89. The third-order valence-corrected chi connectivity index (χ3v) is 4.14. The van der Waals surface area contributed by atoms with Gasteiger partial charge >= 0.3 is 5.97 Å². The SMILES string of the molecule is CCCNC(=O)CNC(=O)COC(=O)C1(c2ccc(Cl)cc2)CC1. The number of hydrogen-bond acceptors (Lipinski definition) is 4. The summed E-state index contributed by atoms with van der Waals surface area (Å²) in [5.74, 6) is -1.19. The van der Waals surface area contributed by atoms with Crippen LogP contribution in [0.4, 0.5) is 0 Å². The van der Waals surface area contributed by atoms with Crippen LogP contribution in [-0.2, 0) is 24.5 Å². The minimum absolute atomic E-state index is 0.126. The Morgan fingerprint density at radius 2 is 1.79 bits per heavy atom. The first kappa shape index (κ1) is 18.3. The first-order valence-electron chi connectivity index (χ1n) is 7.94. The van der Waals surface area contributed by atoms with E-state index < -0.39 is 23.9 Å². The number of halogens is 1. The number of carbonyl (C=O) groups is 3. The molecule has 0 radical (unpaired) electrons. The van der Waals surface area contributed by atoms with Crippen LogP contribution in [0.15, 0.2) is 24.3 Å². The van der Waals surface area contributed by atoms with Crippen LogP contribution in [0, 0.1) is 0 Å². The van der Waals surface area contributed by atoms with Crippen molar-refractivity contribution in [1.29, 1.82) is 0 Å². The maximum absolute atomic E-state index is 12.3. The van der Waals surface area contributed by atoms with Gasteiger partial charge in [-0.05, 0) is 37.0 Å². The zero-order chi connectivity index (χ0) is 17.6. The molecule has 1 aromatic rings. The van der Waals surface area contributed by atoms with E-state index in [1.54, 1.807) is 24.3 Å². The molecule has 0 saturated heterocycles. The van der Waals surface area contributed by atoms with Crippen LogP contribution in [0.5, 0.6) is 0 Å². The molecule has 6 nitrogen and oxygen atoms in total. The smallest absolute Gasteiger partial charge is 0.317 e. The summed E-state index contributed by atoms with van der Waals surface area (Å²) in [5, 5.41) is 5.66. The van der Waals surface area contributed by atoms with Crippen LogP contribution in [0.25, 0.3) is 0 Å². The fourth-order valence-electron chi connectivity index (χ4n) is 2.33. The zero-order valence-corrected chi connectivity index (χ0v) is 14.3. The minimum atomic E-state index is -0.663. The summed E-state index contributed by atoms with van der Waals surface area (Å²) >= 11 is 5.85. The summed E-state index contributed by atoms with van der Waals surface area (Å²) in [6.45, 7) is 1.98. The third kappa shape index (κ3) is 4.71. The average Bonchev–Trinajstić information content (AvgIpc) is 3.38. The van der Waals surface area contributed by atoms with Crippen molar-refractivity contribution >= 4 is 29.4 Å². The average molecular weight is 353 g/mol. The molecular formula is C17H21ClN2O4. The van der Waals surface area contributed by atoms with Crippen molar-refractivity contribution in [3.05, 3.63) is 34.9 Å². The highest BCUT2D eigenvalue weighted by Gasteiger charge is 2.52. The summed E-state index contributed by atoms with van der Waals surface area (Å²) in [6.07, 6.45) is 2.20. The fourth-order valence-corrected chi connectivity index (χ4v) is 2.46. The second-order valence-corrected chi connectivity index (χ2v) is 6.23. The van der Waals surface area contributed by atoms with Gasteiger partial charge in [-0.25, -0.2) is 0 Å². The first-order valence-corrected chi connectivity index (χ1v) is 8.32. The highest BCUT2D eigenvalue weighted by atomic mass is 35.5. The van der Waals surface area contributed by atoms with E-state index >= 15 is 0 Å². The van der Waals surface area contributed by atoms with E-state index in [2.05, 4.69) is 10.6 Å². The minimum Gasteiger partial charge on any atom is -0.455 e. The van der Waals surface area contributed by atoms with Crippen molar-refractivity contribution in [1.82, 2.24) is 10.6 Å². The molecule has 2 N–H and O–H groups in total. The molecule has 0 aromatic heterocycles. The van der Waals surface area contributed by atoms with Crippen molar-refractivity contribution in [2.45, 2.75) is 31.6 Å². The van der Waals surface area contributed by atoms with Gasteiger partial charge in [-0.3, -0.25) is 14.4 Å². The fraction of sp³-hybridized carbons (Fsp3) is 0.471. The van der Waals surface area contributed by atoms with E-state index in [1.165, 1.54) is 0 Å². The van der Waals surface area contributed by atoms with E-state index in [0.717, 1.165) is 12.0 Å². The molecule has 2 amide bonds. The van der Waals surface area contributed by atoms with Gasteiger partial charge in [0, 0.05) is 11.6 Å². The Balaban J connectivity index is 1.77. The van der Waals surface area contributed by atoms with E-state index in [1.807, 2.05) is 6.92 Å². The first-order chi connectivity index (χ1) is 11.5. The van der Waals surface area contributed by atoms with Gasteiger partial charge < -0.3 is 15.4 Å². The number of carbonyl (C=O) groups excluding carboxylic acids is 3. The molecule has 2 rings (SSSR count). The summed E-state index contributed by atoms with van der Waals surface area (Å²) < 4.78 is 5.11. The maximum atomic E-state index is 12.3. The van der Waals surface area contributed by atoms with Crippen LogP contribution >= 0.6 is 11.6 Å². The molecule has 1 aromatic carbocycles. The van der Waals surface area contributed by atoms with E-state index in [4.69, 9.17) is 16.3 Å². The molecule has 0 unspecified atom stereocenters. The van der Waals surface area contributed by atoms with Crippen molar-refractivity contribution in [3.63, 3.8) is 0 Å². The predicted molar refractivity (Wildman–Crippen MR) is 89.6 cm³/mol. The van der Waals surface area contributed by atoms with Crippen molar-refractivity contribution in [3.8, 4) is 0 Å². The lowest BCUT2D eigenvalue weighted by molar-refractivity contribution is -0.151. The lowest BCUT2D eigenvalue weighted by Gasteiger charge is -2.15. The highest BCUT2D eigenvalue weighted by molar-refractivity contribution is 6.30. The Labute approximate surface area is 145 Å². The number of esters is 1. The Kier molecular flexibility index (Phi) is 6.20. The zero-order valence-electron chi connectivity index (χ0n) is 13.6. The highest BCUT2D eigenvalue weighted by Crippen LogP contribution is 2.49. The van der Waals surface area contributed by atoms with Gasteiger partial charge in [0.2, 0.25) is 5.91 Å². The van der Waals surface area contributed by atoms with Gasteiger partial charge in [0.25, 0.3) is 5.91 Å². The molecule has 0 bridgehead atoms. The molecule has 0 atom stereocenters. The van der Waals surface area contributed by atoms with Crippen molar-refractivity contribution in [2.24, 2.45) is 0 Å². The maximum Gasteiger partial charge on any atom is 0.317 e. The Hall–Kier alpha value is -2.08. The second kappa shape index (κ2) is 8.15. The Morgan fingerprint density at radius 3 is 2.38 bits per heavy atom. The van der Waals surface area contributed by atoms with Crippen LogP contribution in [-0.4, -0.2) is 37.5 Å². The van der Waals surface area contributed by atoms with Crippen molar-refractivity contribution in [2.75, 3.05) is 19.7 Å². The summed E-state index contributed by atoms with van der Waals surface area (Å²) in [6, 6.07) is 7.06. The van der Waals surface area contributed by atoms with Crippen LogP contribution in [0.2, 0.25) is 5.02 Å². The molecule has 130 valence electrons. The van der Waals surface area contributed by atoms with Crippen LogP contribution in [0.1, 0.15) is 31.7 Å². The topological polar surface area (TPSA) is 84.5 Å². The van der Waals surface area contributed by atoms with Gasteiger partial charge in [0.05, 0.1) is 12.0 Å². The van der Waals surface area contributed by atoms with Gasteiger partial charge in [-0.2, -0.15) is 0 Å². The summed E-state index contributed by atoms with van der Waals surface area (Å²) in [4.78, 5) is 35.3. The number of amides is 2. The Morgan fingerprint density at radius 1 is 1.12 bits per heavy atom. The normalized spacial score (nSPS) is 14.6. The van der Waals surface area contributed by atoms with E-state index in [-0.39, 0.29) is 12.5 Å². The molecule has 1 saturated carbocycles. The second-order valence-electron chi connectivity index (χ2n) is 5.79. The molecule has 1 aliphatic carbocycles. The molecule has 1 aliphatic rings. The van der Waals surface area contributed by atoms with E-state index in [0.29, 0.717) is 24.4 Å². The Bertz CT molecular complexity index is 612. The number of rotatable bonds is 8. The molecule has 1 fully saturated rings. The molecule has 0 aliphatic heterocycles. The van der Waals surface area contributed by atoms with Crippen LogP contribution < -0.4 is 10.6 Å². The number of benzene rings is 1. The van der Waals surface area contributed by atoms with Crippen LogP contribution in [0.3, 0.4) is 0 Å². The van der Waals surface area contributed by atoms with E-state index in [9.17, 15) is 14.4 Å². The van der Waals surface area contributed by atoms with Gasteiger partial charge in [-0.15, -0.1) is 0 Å². The molecule has 0 heterocycles. The molecule has 24 heavy (non-hydrogen) atoms. The summed E-state index contributed by atoms with van der Waals surface area (Å²) in [5.41, 5.74) is 0.180. The lowest BCUT2D eigenvalue weighted by atomic mass is 9.96. The quantitative estimate of drug-likeness (QED) is 0.695. The molecule has 0 spiro atoms. The molecular weight excluding hydrogens is 332 g/mol. The monoisotopic (exact) mass is 352 g/mol. The summed E-state index contributed by atoms with van der Waals surface area (Å²) in [7, 11) is 0. The predicted octanol–water partition coefficient (Wildman–Crippen LogP) is 1.56. The number of ether oxygens (including phenoxy) is 1. The molecule has 7 heteroatoms. The standard InChI is InChI=1S/C17H21ClN2O4/c1-2-9-19-14(21)10-20-15(22)11-24-16(23)17(7-8-17)12-3-5-13(18)6-4-12/h3-6H,2,7-11H2,1H3,(H,19,21)(H,20,22). The van der Waals surface area contributed by atoms with Gasteiger partial charge in [0.1, 0.15) is 0 Å². The number of hydrogen-bond donors (Lipinski definition) is 2. The van der Waals surface area contributed by atoms with Crippen molar-refractivity contribution < 1.29 is 19.1 Å². The van der Waals surface area contributed by atoms with Gasteiger partial charge in [0.15, 0.2) is 6.61 Å². The largest absolute Gasteiger partial charge is 0.455 e.